The van der Waals surface area contributed by atoms with Gasteiger partial charge in [-0.1, -0.05) is 12.1 Å². The molecule has 0 bridgehead atoms. The molecule has 0 aliphatic carbocycles. The normalized spacial score (nSPS) is 12.2. The van der Waals surface area contributed by atoms with Crippen molar-refractivity contribution in [3.8, 4) is 17.2 Å². The molecule has 0 saturated heterocycles. The first-order valence-corrected chi connectivity index (χ1v) is 11.9. The molecule has 33 heavy (non-hydrogen) atoms. The first kappa shape index (κ1) is 24.4. The number of hydrogen-bond donors (Lipinski definition) is 4. The van der Waals surface area contributed by atoms with Gasteiger partial charge in [-0.05, 0) is 79.2 Å². The van der Waals surface area contributed by atoms with Crippen LogP contribution in [0, 0.1) is 0 Å². The average Bonchev–Trinajstić information content (AvgIpc) is 2.82. The van der Waals surface area contributed by atoms with Gasteiger partial charge < -0.3 is 25.0 Å². The van der Waals surface area contributed by atoms with Gasteiger partial charge in [0.05, 0.1) is 12.0 Å². The Hall–Kier alpha value is -3.27. The number of methoxy groups -OCH3 is 1. The van der Waals surface area contributed by atoms with Crippen LogP contribution in [-0.2, 0) is 16.4 Å². The molecule has 0 aliphatic heterocycles. The molecule has 0 aromatic heterocycles. The second-order valence-electron chi connectivity index (χ2n) is 7.39. The Bertz CT molecular complexity index is 1100. The van der Waals surface area contributed by atoms with E-state index in [9.17, 15) is 18.6 Å². The van der Waals surface area contributed by atoms with Crippen molar-refractivity contribution >= 4 is 15.7 Å². The standard InChI is InChI=1S/C24H28N2O6S/c1-31-22-10-12-24(13-11-22)33(29,30)26-19-4-2-18(3-5-19)14-15-25-16-21(28)17-32-23-8-6-20(27)7-9-23/h2-13,21,25-28H,14-17H2,1H3/t21-/m0/s1. The zero-order valence-electron chi connectivity index (χ0n) is 18.3. The SMILES string of the molecule is COc1ccc(S(=O)(=O)Nc2ccc(CCNC[C@H](O)COc3ccc(O)cc3)cc2)cc1. The molecule has 176 valence electrons. The van der Waals surface area contributed by atoms with E-state index in [0.717, 1.165) is 12.0 Å². The van der Waals surface area contributed by atoms with E-state index in [1.165, 1.54) is 31.4 Å². The number of nitrogens with one attached hydrogen (secondary N) is 2. The highest BCUT2D eigenvalue weighted by atomic mass is 32.2. The highest BCUT2D eigenvalue weighted by molar-refractivity contribution is 7.92. The van der Waals surface area contributed by atoms with Crippen molar-refractivity contribution in [2.45, 2.75) is 17.4 Å². The summed E-state index contributed by atoms with van der Waals surface area (Å²) < 4.78 is 38.1. The summed E-state index contributed by atoms with van der Waals surface area (Å²) in [5.74, 6) is 1.33. The van der Waals surface area contributed by atoms with Crippen molar-refractivity contribution in [2.24, 2.45) is 0 Å². The van der Waals surface area contributed by atoms with Gasteiger partial charge in [0, 0.05) is 12.2 Å². The Morgan fingerprint density at radius 1 is 0.909 bits per heavy atom. The molecule has 0 saturated carbocycles. The van der Waals surface area contributed by atoms with E-state index in [4.69, 9.17) is 9.47 Å². The number of hydrogen-bond acceptors (Lipinski definition) is 7. The molecular weight excluding hydrogens is 444 g/mol. The molecule has 0 aliphatic rings. The van der Waals surface area contributed by atoms with Gasteiger partial charge in [-0.3, -0.25) is 4.72 Å². The van der Waals surface area contributed by atoms with Crippen LogP contribution >= 0.6 is 0 Å². The molecule has 0 spiro atoms. The number of phenols is 1. The van der Waals surface area contributed by atoms with Crippen molar-refractivity contribution in [3.05, 3.63) is 78.4 Å². The van der Waals surface area contributed by atoms with E-state index in [1.54, 1.807) is 36.4 Å². The molecule has 0 unspecified atom stereocenters. The Kier molecular flexibility index (Phi) is 8.53. The van der Waals surface area contributed by atoms with Gasteiger partial charge in [0.15, 0.2) is 0 Å². The summed E-state index contributed by atoms with van der Waals surface area (Å²) in [6.45, 7) is 1.16. The number of aliphatic hydroxyl groups is 1. The van der Waals surface area contributed by atoms with E-state index < -0.39 is 16.1 Å². The number of anilines is 1. The maximum absolute atomic E-state index is 12.5. The van der Waals surface area contributed by atoms with Gasteiger partial charge in [0.25, 0.3) is 10.0 Å². The smallest absolute Gasteiger partial charge is 0.261 e. The average molecular weight is 473 g/mol. The third-order valence-corrected chi connectivity index (χ3v) is 6.22. The fourth-order valence-corrected chi connectivity index (χ4v) is 4.06. The molecule has 0 heterocycles. The molecule has 3 aromatic rings. The molecule has 0 amide bonds. The quantitative estimate of drug-likeness (QED) is 0.300. The van der Waals surface area contributed by atoms with Crippen LogP contribution in [0.5, 0.6) is 17.2 Å². The van der Waals surface area contributed by atoms with Crippen molar-refractivity contribution in [3.63, 3.8) is 0 Å². The molecule has 3 rings (SSSR count). The number of ether oxygens (including phenoxy) is 2. The minimum Gasteiger partial charge on any atom is -0.508 e. The zero-order valence-corrected chi connectivity index (χ0v) is 19.1. The van der Waals surface area contributed by atoms with Gasteiger partial charge in [0.1, 0.15) is 30.0 Å². The van der Waals surface area contributed by atoms with Crippen molar-refractivity contribution in [1.82, 2.24) is 5.32 Å². The van der Waals surface area contributed by atoms with Crippen LogP contribution in [-0.4, -0.2) is 51.5 Å². The lowest BCUT2D eigenvalue weighted by atomic mass is 10.1. The monoisotopic (exact) mass is 472 g/mol. The molecule has 8 nitrogen and oxygen atoms in total. The van der Waals surface area contributed by atoms with Crippen molar-refractivity contribution < 1.29 is 28.1 Å². The number of rotatable bonds is 12. The van der Waals surface area contributed by atoms with E-state index >= 15 is 0 Å². The van der Waals surface area contributed by atoms with E-state index in [-0.39, 0.29) is 17.3 Å². The highest BCUT2D eigenvalue weighted by Crippen LogP contribution is 2.20. The first-order valence-electron chi connectivity index (χ1n) is 10.4. The summed E-state index contributed by atoms with van der Waals surface area (Å²) in [6.07, 6.45) is 0.0466. The summed E-state index contributed by atoms with van der Waals surface area (Å²) in [5, 5.41) is 22.4. The molecule has 9 heteroatoms. The van der Waals surface area contributed by atoms with Gasteiger partial charge in [0.2, 0.25) is 0 Å². The van der Waals surface area contributed by atoms with Crippen LogP contribution in [0.2, 0.25) is 0 Å². The topological polar surface area (TPSA) is 117 Å². The maximum atomic E-state index is 12.5. The Morgan fingerprint density at radius 3 is 2.18 bits per heavy atom. The lowest BCUT2D eigenvalue weighted by Crippen LogP contribution is -2.32. The summed E-state index contributed by atoms with van der Waals surface area (Å²) in [5.41, 5.74) is 1.51. The fraction of sp³-hybridized carbons (Fsp3) is 0.250. The summed E-state index contributed by atoms with van der Waals surface area (Å²) in [7, 11) is -2.16. The lowest BCUT2D eigenvalue weighted by molar-refractivity contribution is 0.106. The van der Waals surface area contributed by atoms with Crippen LogP contribution in [0.1, 0.15) is 5.56 Å². The first-order chi connectivity index (χ1) is 15.9. The highest BCUT2D eigenvalue weighted by Gasteiger charge is 2.14. The largest absolute Gasteiger partial charge is 0.508 e. The predicted molar refractivity (Wildman–Crippen MR) is 126 cm³/mol. The molecular formula is C24H28N2O6S. The van der Waals surface area contributed by atoms with Crippen LogP contribution < -0.4 is 19.5 Å². The Morgan fingerprint density at radius 2 is 1.55 bits per heavy atom. The molecule has 0 fully saturated rings. The summed E-state index contributed by atoms with van der Waals surface area (Å²) in [6, 6.07) is 19.7. The summed E-state index contributed by atoms with van der Waals surface area (Å²) in [4.78, 5) is 0.157. The van der Waals surface area contributed by atoms with Gasteiger partial charge in [-0.25, -0.2) is 8.42 Å². The van der Waals surface area contributed by atoms with Crippen molar-refractivity contribution in [1.29, 1.82) is 0 Å². The fourth-order valence-electron chi connectivity index (χ4n) is 3.00. The van der Waals surface area contributed by atoms with E-state index in [2.05, 4.69) is 10.0 Å². The Balaban J connectivity index is 1.39. The second-order valence-corrected chi connectivity index (χ2v) is 9.07. The number of aromatic hydroxyl groups is 1. The number of sulfonamides is 1. The Labute approximate surface area is 193 Å². The van der Waals surface area contributed by atoms with Crippen LogP contribution in [0.3, 0.4) is 0 Å². The van der Waals surface area contributed by atoms with Crippen LogP contribution in [0.15, 0.2) is 77.7 Å². The number of aliphatic hydroxyl groups excluding tert-OH is 1. The molecule has 0 radical (unpaired) electrons. The molecule has 1 atom stereocenters. The van der Waals surface area contributed by atoms with Gasteiger partial charge >= 0.3 is 0 Å². The second kappa shape index (κ2) is 11.6. The number of benzene rings is 3. The molecule has 3 aromatic carbocycles. The van der Waals surface area contributed by atoms with Gasteiger partial charge in [-0.15, -0.1) is 0 Å². The van der Waals surface area contributed by atoms with E-state index in [0.29, 0.717) is 30.3 Å². The maximum Gasteiger partial charge on any atom is 0.261 e. The third-order valence-electron chi connectivity index (χ3n) is 4.83. The van der Waals surface area contributed by atoms with Crippen LogP contribution in [0.25, 0.3) is 0 Å². The van der Waals surface area contributed by atoms with Crippen molar-refractivity contribution in [2.75, 3.05) is 31.5 Å². The lowest BCUT2D eigenvalue weighted by Gasteiger charge is -2.13. The molecule has 4 N–H and O–H groups in total. The van der Waals surface area contributed by atoms with E-state index in [1.807, 2.05) is 12.1 Å². The predicted octanol–water partition coefficient (Wildman–Crippen LogP) is 2.77. The zero-order chi connectivity index (χ0) is 23.7. The third kappa shape index (κ3) is 7.67. The van der Waals surface area contributed by atoms with Gasteiger partial charge in [-0.2, -0.15) is 0 Å². The summed E-state index contributed by atoms with van der Waals surface area (Å²) >= 11 is 0. The number of phenolic OH excluding ortho intramolecular Hbond substituents is 1. The van der Waals surface area contributed by atoms with Crippen LogP contribution in [0.4, 0.5) is 5.69 Å². The minimum absolute atomic E-state index is 0.140. The minimum atomic E-state index is -3.68.